The Kier molecular flexibility index (Phi) is 4.37. The molecule has 0 bridgehead atoms. The lowest BCUT2D eigenvalue weighted by Crippen LogP contribution is -2.41. The fourth-order valence-corrected chi connectivity index (χ4v) is 2.11. The first-order valence-corrected chi connectivity index (χ1v) is 6.84. The molecule has 6 heteroatoms. The molecule has 0 aliphatic rings. The second-order valence-electron chi connectivity index (χ2n) is 5.32. The van der Waals surface area contributed by atoms with Gasteiger partial charge in [-0.1, -0.05) is 18.2 Å². The highest BCUT2D eigenvalue weighted by Crippen LogP contribution is 2.13. The number of ether oxygens (including phenoxy) is 1. The highest BCUT2D eigenvalue weighted by atomic mass is 16.5. The first kappa shape index (κ1) is 15.2. The summed E-state index contributed by atoms with van der Waals surface area (Å²) in [6.07, 6.45) is 0. The predicted octanol–water partition coefficient (Wildman–Crippen LogP) is 1.47. The number of hydrogen-bond acceptors (Lipinski definition) is 4. The number of carbonyl (C=O) groups is 1. The van der Waals surface area contributed by atoms with Gasteiger partial charge in [0.2, 0.25) is 0 Å². The van der Waals surface area contributed by atoms with Crippen molar-refractivity contribution in [3.8, 4) is 0 Å². The van der Waals surface area contributed by atoms with Gasteiger partial charge >= 0.3 is 0 Å². The van der Waals surface area contributed by atoms with Crippen LogP contribution in [0, 0.1) is 0 Å². The summed E-state index contributed by atoms with van der Waals surface area (Å²) in [5.74, 6) is -0.338. The first-order valence-electron chi connectivity index (χ1n) is 6.84. The third-order valence-electron chi connectivity index (χ3n) is 3.12. The van der Waals surface area contributed by atoms with Gasteiger partial charge in [0, 0.05) is 18.5 Å². The van der Waals surface area contributed by atoms with Gasteiger partial charge in [-0.15, -0.1) is 0 Å². The summed E-state index contributed by atoms with van der Waals surface area (Å²) in [7, 11) is 0. The third kappa shape index (κ3) is 3.46. The highest BCUT2D eigenvalue weighted by Gasteiger charge is 2.20. The maximum atomic E-state index is 12.3. The van der Waals surface area contributed by atoms with Crippen molar-refractivity contribution in [1.29, 1.82) is 0 Å². The van der Waals surface area contributed by atoms with Crippen molar-refractivity contribution in [2.75, 3.05) is 13.2 Å². The van der Waals surface area contributed by atoms with Crippen LogP contribution in [0.15, 0.2) is 29.1 Å². The number of nitrogens with one attached hydrogen (secondary N) is 2. The Morgan fingerprint density at radius 2 is 2.00 bits per heavy atom. The van der Waals surface area contributed by atoms with Crippen molar-refractivity contribution in [1.82, 2.24) is 15.5 Å². The van der Waals surface area contributed by atoms with Crippen LogP contribution in [0.2, 0.25) is 0 Å². The van der Waals surface area contributed by atoms with Crippen molar-refractivity contribution in [3.63, 3.8) is 0 Å². The molecule has 0 radical (unpaired) electrons. The largest absolute Gasteiger partial charge is 0.374 e. The zero-order valence-electron chi connectivity index (χ0n) is 12.4. The van der Waals surface area contributed by atoms with E-state index in [0.29, 0.717) is 23.9 Å². The Balaban J connectivity index is 2.25. The maximum absolute atomic E-state index is 12.3. The van der Waals surface area contributed by atoms with Crippen LogP contribution in [0.5, 0.6) is 0 Å². The van der Waals surface area contributed by atoms with Gasteiger partial charge < -0.3 is 10.1 Å². The fourth-order valence-electron chi connectivity index (χ4n) is 2.11. The molecule has 2 rings (SSSR count). The molecule has 2 aromatic rings. The molecule has 0 atom stereocenters. The van der Waals surface area contributed by atoms with Crippen LogP contribution in [0.4, 0.5) is 0 Å². The van der Waals surface area contributed by atoms with Gasteiger partial charge in [-0.25, -0.2) is 5.10 Å². The van der Waals surface area contributed by atoms with Crippen LogP contribution >= 0.6 is 0 Å². The molecule has 1 aromatic heterocycles. The van der Waals surface area contributed by atoms with E-state index in [1.807, 2.05) is 20.8 Å². The number of rotatable bonds is 5. The predicted molar refractivity (Wildman–Crippen MR) is 80.4 cm³/mol. The van der Waals surface area contributed by atoms with E-state index in [9.17, 15) is 9.59 Å². The molecule has 0 saturated heterocycles. The first-order chi connectivity index (χ1) is 9.94. The number of fused-ring (bicyclic) bond motifs is 1. The minimum absolute atomic E-state index is 0.206. The maximum Gasteiger partial charge on any atom is 0.272 e. The van der Waals surface area contributed by atoms with Gasteiger partial charge in [-0.2, -0.15) is 5.10 Å². The molecule has 1 amide bonds. The van der Waals surface area contributed by atoms with Crippen LogP contribution in [0.1, 0.15) is 31.3 Å². The number of H-pyrrole nitrogens is 1. The number of hydrogen-bond donors (Lipinski definition) is 2. The molecule has 6 nitrogen and oxygen atoms in total. The minimum Gasteiger partial charge on any atom is -0.374 e. The summed E-state index contributed by atoms with van der Waals surface area (Å²) in [5.41, 5.74) is -0.558. The van der Waals surface area contributed by atoms with E-state index >= 15 is 0 Å². The van der Waals surface area contributed by atoms with E-state index < -0.39 is 5.60 Å². The summed E-state index contributed by atoms with van der Waals surface area (Å²) in [5, 5.41) is 9.98. The number of aromatic amines is 1. The SMILES string of the molecule is CCOC(C)(C)CNC(=O)c1n[nH]c(=O)c2ccccc12. The van der Waals surface area contributed by atoms with Crippen LogP contribution in [-0.4, -0.2) is 34.9 Å². The molecule has 1 aromatic carbocycles. The Labute approximate surface area is 122 Å². The molecular weight excluding hydrogens is 270 g/mol. The number of carbonyl (C=O) groups excluding carboxylic acids is 1. The molecule has 0 spiro atoms. The summed E-state index contributed by atoms with van der Waals surface area (Å²) in [6, 6.07) is 6.89. The van der Waals surface area contributed by atoms with E-state index in [1.54, 1.807) is 24.3 Å². The Morgan fingerprint density at radius 1 is 1.33 bits per heavy atom. The molecule has 1 heterocycles. The standard InChI is InChI=1S/C15H19N3O3/c1-4-21-15(2,3)9-16-14(20)12-10-7-5-6-8-11(10)13(19)18-17-12/h5-8H,4,9H2,1-3H3,(H,16,20)(H,18,19). The Bertz CT molecular complexity index is 707. The van der Waals surface area contributed by atoms with Crippen molar-refractivity contribution >= 4 is 16.7 Å². The number of benzene rings is 1. The molecule has 0 aliphatic carbocycles. The van der Waals surface area contributed by atoms with Gasteiger partial charge in [0.05, 0.1) is 11.0 Å². The lowest BCUT2D eigenvalue weighted by Gasteiger charge is -2.24. The average Bonchev–Trinajstić information content (AvgIpc) is 2.46. The van der Waals surface area contributed by atoms with E-state index in [0.717, 1.165) is 0 Å². The van der Waals surface area contributed by atoms with Gasteiger partial charge in [-0.3, -0.25) is 9.59 Å². The second-order valence-corrected chi connectivity index (χ2v) is 5.32. The lowest BCUT2D eigenvalue weighted by molar-refractivity contribution is -0.00818. The molecule has 112 valence electrons. The zero-order chi connectivity index (χ0) is 15.5. The van der Waals surface area contributed by atoms with Crippen LogP contribution in [0.25, 0.3) is 10.8 Å². The number of amides is 1. The Hall–Kier alpha value is -2.21. The van der Waals surface area contributed by atoms with E-state index in [1.165, 1.54) is 0 Å². The second kappa shape index (κ2) is 6.05. The smallest absolute Gasteiger partial charge is 0.272 e. The molecule has 0 aliphatic heterocycles. The fraction of sp³-hybridized carbons (Fsp3) is 0.400. The monoisotopic (exact) mass is 289 g/mol. The summed E-state index contributed by atoms with van der Waals surface area (Å²) in [6.45, 7) is 6.63. The number of nitrogens with zero attached hydrogens (tertiary/aromatic N) is 1. The minimum atomic E-state index is -0.456. The molecule has 0 unspecified atom stereocenters. The average molecular weight is 289 g/mol. The number of aromatic nitrogens is 2. The summed E-state index contributed by atoms with van der Waals surface area (Å²) < 4.78 is 5.53. The Morgan fingerprint density at radius 3 is 2.67 bits per heavy atom. The van der Waals surface area contributed by atoms with Crippen LogP contribution in [-0.2, 0) is 4.74 Å². The van der Waals surface area contributed by atoms with Crippen LogP contribution in [0.3, 0.4) is 0 Å². The van der Waals surface area contributed by atoms with Crippen LogP contribution < -0.4 is 10.9 Å². The van der Waals surface area contributed by atoms with Gasteiger partial charge in [-0.05, 0) is 26.8 Å². The molecule has 21 heavy (non-hydrogen) atoms. The zero-order valence-corrected chi connectivity index (χ0v) is 12.4. The van der Waals surface area contributed by atoms with Crippen molar-refractivity contribution in [3.05, 3.63) is 40.3 Å². The molecular formula is C15H19N3O3. The van der Waals surface area contributed by atoms with Gasteiger partial charge in [0.1, 0.15) is 0 Å². The van der Waals surface area contributed by atoms with E-state index in [2.05, 4.69) is 15.5 Å². The lowest BCUT2D eigenvalue weighted by atomic mass is 10.1. The normalized spacial score (nSPS) is 11.6. The quantitative estimate of drug-likeness (QED) is 0.873. The van der Waals surface area contributed by atoms with Crippen molar-refractivity contribution < 1.29 is 9.53 Å². The molecule has 0 saturated carbocycles. The van der Waals surface area contributed by atoms with Crippen molar-refractivity contribution in [2.45, 2.75) is 26.4 Å². The molecule has 2 N–H and O–H groups in total. The van der Waals surface area contributed by atoms with E-state index in [4.69, 9.17) is 4.74 Å². The topological polar surface area (TPSA) is 84.1 Å². The highest BCUT2D eigenvalue weighted by molar-refractivity contribution is 6.04. The van der Waals surface area contributed by atoms with Gasteiger partial charge in [0.15, 0.2) is 5.69 Å². The van der Waals surface area contributed by atoms with E-state index in [-0.39, 0.29) is 17.2 Å². The molecule has 0 fully saturated rings. The van der Waals surface area contributed by atoms with Gasteiger partial charge in [0.25, 0.3) is 11.5 Å². The third-order valence-corrected chi connectivity index (χ3v) is 3.12. The summed E-state index contributed by atoms with van der Waals surface area (Å²) >= 11 is 0. The van der Waals surface area contributed by atoms with Crippen molar-refractivity contribution in [2.24, 2.45) is 0 Å². The summed E-state index contributed by atoms with van der Waals surface area (Å²) in [4.78, 5) is 24.0.